The minimum atomic E-state index is 0.443. The van der Waals surface area contributed by atoms with Gasteiger partial charge in [-0.25, -0.2) is 0 Å². The van der Waals surface area contributed by atoms with E-state index in [1.165, 1.54) is 18.4 Å². The molecule has 1 aromatic rings. The van der Waals surface area contributed by atoms with Crippen LogP contribution in [0, 0.1) is 6.92 Å². The highest BCUT2D eigenvalue weighted by atomic mass is 32.2. The minimum absolute atomic E-state index is 0.443. The second-order valence-corrected chi connectivity index (χ2v) is 6.37. The molecule has 0 radical (unpaired) electrons. The van der Waals surface area contributed by atoms with E-state index < -0.39 is 0 Å². The molecular formula is C13H18N2S2. The van der Waals surface area contributed by atoms with Crippen LogP contribution in [0.2, 0.25) is 0 Å². The Morgan fingerprint density at radius 2 is 2.24 bits per heavy atom. The lowest BCUT2D eigenvalue weighted by atomic mass is 10.1. The lowest BCUT2D eigenvalue weighted by Gasteiger charge is -2.16. The van der Waals surface area contributed by atoms with Gasteiger partial charge < -0.3 is 11.1 Å². The average molecular weight is 266 g/mol. The summed E-state index contributed by atoms with van der Waals surface area (Å²) >= 11 is 7.04. The van der Waals surface area contributed by atoms with Crippen molar-refractivity contribution in [2.45, 2.75) is 24.5 Å². The number of rotatable bonds is 5. The van der Waals surface area contributed by atoms with Gasteiger partial charge in [-0.05, 0) is 38.2 Å². The Morgan fingerprint density at radius 3 is 2.76 bits per heavy atom. The van der Waals surface area contributed by atoms with Crippen molar-refractivity contribution in [3.63, 3.8) is 0 Å². The summed E-state index contributed by atoms with van der Waals surface area (Å²) in [4.78, 5) is 0.463. The van der Waals surface area contributed by atoms with Gasteiger partial charge in [0.1, 0.15) is 4.99 Å². The van der Waals surface area contributed by atoms with Crippen molar-refractivity contribution in [1.82, 2.24) is 0 Å². The molecule has 0 aliphatic heterocycles. The zero-order valence-corrected chi connectivity index (χ0v) is 11.9. The molecule has 4 heteroatoms. The van der Waals surface area contributed by atoms with Gasteiger partial charge in [0, 0.05) is 22.5 Å². The lowest BCUT2D eigenvalue weighted by molar-refractivity contribution is 0.949. The van der Waals surface area contributed by atoms with E-state index in [1.807, 2.05) is 17.8 Å². The predicted molar refractivity (Wildman–Crippen MR) is 81.0 cm³/mol. The molecule has 1 saturated carbocycles. The topological polar surface area (TPSA) is 38.0 Å². The summed E-state index contributed by atoms with van der Waals surface area (Å²) < 4.78 is 0.443. The molecule has 0 heterocycles. The fourth-order valence-corrected chi connectivity index (χ4v) is 2.76. The molecule has 17 heavy (non-hydrogen) atoms. The molecular weight excluding hydrogens is 248 g/mol. The number of hydrogen-bond acceptors (Lipinski definition) is 3. The Hall–Kier alpha value is -0.740. The number of thiocarbonyl (C=S) groups is 1. The summed E-state index contributed by atoms with van der Waals surface area (Å²) in [6, 6.07) is 6.20. The fraction of sp³-hybridized carbons (Fsp3) is 0.462. The van der Waals surface area contributed by atoms with E-state index in [2.05, 4.69) is 30.6 Å². The average Bonchev–Trinajstić information content (AvgIpc) is 3.08. The molecule has 1 fully saturated rings. The minimum Gasteiger partial charge on any atom is -0.389 e. The van der Waals surface area contributed by atoms with Crippen LogP contribution in [0.1, 0.15) is 24.0 Å². The molecule has 0 atom stereocenters. The number of nitrogens with two attached hydrogens (primary N) is 1. The van der Waals surface area contributed by atoms with Crippen LogP contribution in [-0.2, 0) is 0 Å². The number of anilines is 1. The smallest absolute Gasteiger partial charge is 0.106 e. The Kier molecular flexibility index (Phi) is 3.64. The predicted octanol–water partition coefficient (Wildman–Crippen LogP) is 2.94. The number of benzene rings is 1. The first kappa shape index (κ1) is 12.7. The maximum Gasteiger partial charge on any atom is 0.106 e. The largest absolute Gasteiger partial charge is 0.389 e. The molecule has 1 aliphatic rings. The van der Waals surface area contributed by atoms with Crippen LogP contribution in [0.3, 0.4) is 0 Å². The van der Waals surface area contributed by atoms with Gasteiger partial charge >= 0.3 is 0 Å². The maximum atomic E-state index is 5.76. The zero-order valence-electron chi connectivity index (χ0n) is 10.2. The molecule has 0 saturated heterocycles. The van der Waals surface area contributed by atoms with Gasteiger partial charge in [0.05, 0.1) is 0 Å². The maximum absolute atomic E-state index is 5.76. The fourth-order valence-electron chi connectivity index (χ4n) is 1.86. The van der Waals surface area contributed by atoms with E-state index in [1.54, 1.807) is 0 Å². The van der Waals surface area contributed by atoms with E-state index in [4.69, 9.17) is 18.0 Å². The van der Waals surface area contributed by atoms with Gasteiger partial charge in [0.25, 0.3) is 0 Å². The SMILES string of the molecule is CSC1(CNc2ccc(C)cc2C(N)=S)CC1. The van der Waals surface area contributed by atoms with Crippen LogP contribution in [0.5, 0.6) is 0 Å². The monoisotopic (exact) mass is 266 g/mol. The van der Waals surface area contributed by atoms with Crippen molar-refractivity contribution in [3.05, 3.63) is 29.3 Å². The standard InChI is InChI=1S/C13H18N2S2/c1-9-3-4-11(10(7-9)12(14)16)15-8-13(17-2)5-6-13/h3-4,7,15H,5-6,8H2,1-2H3,(H2,14,16). The Bertz CT molecular complexity index is 439. The van der Waals surface area contributed by atoms with Crippen LogP contribution in [0.15, 0.2) is 18.2 Å². The molecule has 92 valence electrons. The third kappa shape index (κ3) is 2.93. The van der Waals surface area contributed by atoms with E-state index in [0.29, 0.717) is 9.74 Å². The van der Waals surface area contributed by atoms with Crippen molar-refractivity contribution < 1.29 is 0 Å². The van der Waals surface area contributed by atoms with Crippen molar-refractivity contribution >= 4 is 34.7 Å². The highest BCUT2D eigenvalue weighted by molar-refractivity contribution is 8.00. The third-order valence-corrected chi connectivity index (χ3v) is 4.92. The van der Waals surface area contributed by atoms with E-state index in [0.717, 1.165) is 17.8 Å². The van der Waals surface area contributed by atoms with Crippen LogP contribution < -0.4 is 11.1 Å². The first-order valence-corrected chi connectivity index (χ1v) is 7.39. The molecule has 2 rings (SSSR count). The molecule has 2 nitrogen and oxygen atoms in total. The molecule has 0 bridgehead atoms. The quantitative estimate of drug-likeness (QED) is 0.804. The van der Waals surface area contributed by atoms with Crippen molar-refractivity contribution in [3.8, 4) is 0 Å². The molecule has 0 aromatic heterocycles. The molecule has 1 aromatic carbocycles. The highest BCUT2D eigenvalue weighted by Gasteiger charge is 2.41. The van der Waals surface area contributed by atoms with Crippen molar-refractivity contribution in [2.75, 3.05) is 18.1 Å². The second-order valence-electron chi connectivity index (χ2n) is 4.65. The van der Waals surface area contributed by atoms with Crippen LogP contribution >= 0.6 is 24.0 Å². The van der Waals surface area contributed by atoms with Crippen molar-refractivity contribution in [1.29, 1.82) is 0 Å². The number of thioether (sulfide) groups is 1. The molecule has 3 N–H and O–H groups in total. The summed E-state index contributed by atoms with van der Waals surface area (Å²) in [6.45, 7) is 3.04. The first-order chi connectivity index (χ1) is 8.06. The highest BCUT2D eigenvalue weighted by Crippen LogP contribution is 2.47. The Labute approximate surface area is 112 Å². The van der Waals surface area contributed by atoms with Gasteiger partial charge in [-0.3, -0.25) is 0 Å². The van der Waals surface area contributed by atoms with Gasteiger partial charge in [0.2, 0.25) is 0 Å². The number of nitrogens with one attached hydrogen (secondary N) is 1. The van der Waals surface area contributed by atoms with E-state index in [-0.39, 0.29) is 0 Å². The summed E-state index contributed by atoms with van der Waals surface area (Å²) in [5, 5.41) is 3.49. The molecule has 0 amide bonds. The van der Waals surface area contributed by atoms with Gasteiger partial charge in [0.15, 0.2) is 0 Å². The zero-order chi connectivity index (χ0) is 12.5. The van der Waals surface area contributed by atoms with Gasteiger partial charge in [-0.2, -0.15) is 11.8 Å². The van der Waals surface area contributed by atoms with Crippen LogP contribution in [0.25, 0.3) is 0 Å². The molecule has 0 unspecified atom stereocenters. The number of aryl methyl sites for hydroxylation is 1. The molecule has 1 aliphatic carbocycles. The van der Waals surface area contributed by atoms with E-state index >= 15 is 0 Å². The Morgan fingerprint density at radius 1 is 1.53 bits per heavy atom. The lowest BCUT2D eigenvalue weighted by Crippen LogP contribution is -2.20. The number of hydrogen-bond donors (Lipinski definition) is 2. The summed E-state index contributed by atoms with van der Waals surface area (Å²) in [6.07, 6.45) is 4.78. The normalized spacial score (nSPS) is 16.6. The Balaban J connectivity index is 2.12. The van der Waals surface area contributed by atoms with Crippen molar-refractivity contribution in [2.24, 2.45) is 5.73 Å². The van der Waals surface area contributed by atoms with Crippen LogP contribution in [-0.4, -0.2) is 22.5 Å². The third-order valence-electron chi connectivity index (χ3n) is 3.28. The summed E-state index contributed by atoms with van der Waals surface area (Å²) in [5.74, 6) is 0. The summed E-state index contributed by atoms with van der Waals surface area (Å²) in [7, 11) is 0. The van der Waals surface area contributed by atoms with Crippen LogP contribution in [0.4, 0.5) is 5.69 Å². The van der Waals surface area contributed by atoms with E-state index in [9.17, 15) is 0 Å². The van der Waals surface area contributed by atoms with Gasteiger partial charge in [-0.15, -0.1) is 0 Å². The van der Waals surface area contributed by atoms with Gasteiger partial charge in [-0.1, -0.05) is 23.8 Å². The molecule has 0 spiro atoms. The summed E-state index contributed by atoms with van der Waals surface area (Å²) in [5.41, 5.74) is 8.96. The second kappa shape index (κ2) is 4.86. The first-order valence-electron chi connectivity index (χ1n) is 5.76.